The zero-order chi connectivity index (χ0) is 29.2. The molecule has 1 aliphatic rings. The van der Waals surface area contributed by atoms with Crippen molar-refractivity contribution in [2.75, 3.05) is 0 Å². The van der Waals surface area contributed by atoms with Crippen molar-refractivity contribution < 1.29 is 29.1 Å². The van der Waals surface area contributed by atoms with Crippen LogP contribution in [0, 0.1) is 0 Å². The van der Waals surface area contributed by atoms with Crippen LogP contribution in [0.3, 0.4) is 0 Å². The van der Waals surface area contributed by atoms with Crippen molar-refractivity contribution in [1.82, 2.24) is 0 Å². The van der Waals surface area contributed by atoms with Gasteiger partial charge in [-0.25, -0.2) is 19.4 Å². The standard InChI is InChI=1S/C32H38O6Si2/c1-7-39(8-2,9-3)27-21-17-25(18-22-27)31(33)37-35-29-15-13-14-16-30(29)36-38-32(34)26-19-23-28(24-20-26)40(10-4,11-5)12-6/h7-8,10-11,17-24H,1-2,4-5,9,12-16H2,3,6H3. The minimum Gasteiger partial charge on any atom is -0.287 e. The summed E-state index contributed by atoms with van der Waals surface area (Å²) in [4.78, 5) is 46.3. The van der Waals surface area contributed by atoms with Crippen LogP contribution in [0.15, 0.2) is 109 Å². The highest BCUT2D eigenvalue weighted by Gasteiger charge is 2.28. The molecule has 0 amide bonds. The molecule has 3 rings (SSSR count). The van der Waals surface area contributed by atoms with Crippen LogP contribution >= 0.6 is 0 Å². The number of carbonyl (C=O) groups excluding carboxylic acids is 2. The zero-order valence-electron chi connectivity index (χ0n) is 23.4. The van der Waals surface area contributed by atoms with E-state index in [0.717, 1.165) is 35.3 Å². The van der Waals surface area contributed by atoms with Crippen molar-refractivity contribution in [1.29, 1.82) is 0 Å². The van der Waals surface area contributed by atoms with Crippen molar-refractivity contribution in [3.8, 4) is 0 Å². The summed E-state index contributed by atoms with van der Waals surface area (Å²) in [6.07, 6.45) is 2.63. The van der Waals surface area contributed by atoms with E-state index in [4.69, 9.17) is 19.6 Å². The molecule has 0 radical (unpaired) electrons. The summed E-state index contributed by atoms with van der Waals surface area (Å²) in [6, 6.07) is 16.4. The Bertz CT molecular complexity index is 1160. The molecule has 0 aromatic heterocycles. The van der Waals surface area contributed by atoms with Gasteiger partial charge in [0.1, 0.15) is 16.1 Å². The first-order valence-electron chi connectivity index (χ1n) is 13.6. The number of hydrogen-bond donors (Lipinski definition) is 0. The monoisotopic (exact) mass is 574 g/mol. The molecule has 0 spiro atoms. The second kappa shape index (κ2) is 14.0. The number of hydrogen-bond acceptors (Lipinski definition) is 6. The minimum atomic E-state index is -1.99. The first kappa shape index (κ1) is 30.7. The Kier molecular flexibility index (Phi) is 10.7. The second-order valence-electron chi connectivity index (χ2n) is 9.72. The van der Waals surface area contributed by atoms with Crippen LogP contribution in [0.2, 0.25) is 12.1 Å². The average Bonchev–Trinajstić information content (AvgIpc) is 3.02. The molecule has 210 valence electrons. The van der Waals surface area contributed by atoms with Crippen molar-refractivity contribution in [3.05, 3.63) is 120 Å². The molecule has 0 aliphatic heterocycles. The molecule has 2 aromatic rings. The molecule has 2 aromatic carbocycles. The summed E-state index contributed by atoms with van der Waals surface area (Å²) in [5.41, 5.74) is 8.65. The fourth-order valence-corrected chi connectivity index (χ4v) is 9.58. The summed E-state index contributed by atoms with van der Waals surface area (Å²) in [5, 5.41) is 2.24. The molecule has 0 fully saturated rings. The van der Waals surface area contributed by atoms with Gasteiger partial charge in [-0.1, -0.05) is 71.3 Å². The highest BCUT2D eigenvalue weighted by atomic mass is 28.3. The lowest BCUT2D eigenvalue weighted by Gasteiger charge is -2.23. The third-order valence-electron chi connectivity index (χ3n) is 7.75. The van der Waals surface area contributed by atoms with Gasteiger partial charge in [-0.15, -0.1) is 26.3 Å². The first-order chi connectivity index (χ1) is 19.3. The van der Waals surface area contributed by atoms with E-state index in [1.165, 1.54) is 0 Å². The second-order valence-corrected chi connectivity index (χ2v) is 18.1. The van der Waals surface area contributed by atoms with E-state index in [9.17, 15) is 9.59 Å². The van der Waals surface area contributed by atoms with Crippen LogP contribution in [0.25, 0.3) is 0 Å². The Balaban J connectivity index is 1.63. The van der Waals surface area contributed by atoms with E-state index in [1.54, 1.807) is 24.3 Å². The van der Waals surface area contributed by atoms with Crippen molar-refractivity contribution in [2.45, 2.75) is 51.6 Å². The number of allylic oxidation sites excluding steroid dienone is 2. The van der Waals surface area contributed by atoms with Gasteiger partial charge in [0.05, 0.1) is 11.1 Å². The normalized spacial score (nSPS) is 13.6. The summed E-state index contributed by atoms with van der Waals surface area (Å²) in [5.74, 6) is -0.614. The minimum absolute atomic E-state index is 0.325. The van der Waals surface area contributed by atoms with Gasteiger partial charge in [0, 0.05) is 12.8 Å². The van der Waals surface area contributed by atoms with Crippen LogP contribution < -0.4 is 10.4 Å². The van der Waals surface area contributed by atoms with Gasteiger partial charge in [0.2, 0.25) is 0 Å². The molecule has 40 heavy (non-hydrogen) atoms. The van der Waals surface area contributed by atoms with E-state index in [1.807, 2.05) is 47.1 Å². The molecule has 0 unspecified atom stereocenters. The van der Waals surface area contributed by atoms with Gasteiger partial charge in [0.25, 0.3) is 0 Å². The molecule has 0 N–H and O–H groups in total. The maximum absolute atomic E-state index is 12.6. The maximum atomic E-state index is 12.6. The molecule has 0 heterocycles. The highest BCUT2D eigenvalue weighted by molar-refractivity contribution is 7.00. The van der Waals surface area contributed by atoms with Crippen molar-refractivity contribution in [3.63, 3.8) is 0 Å². The average molecular weight is 575 g/mol. The summed E-state index contributed by atoms with van der Waals surface area (Å²) in [7, 11) is -3.99. The zero-order valence-corrected chi connectivity index (χ0v) is 25.4. The predicted molar refractivity (Wildman–Crippen MR) is 164 cm³/mol. The Morgan fingerprint density at radius 1 is 0.650 bits per heavy atom. The Labute approximate surface area is 239 Å². The van der Waals surface area contributed by atoms with E-state index in [-0.39, 0.29) is 0 Å². The van der Waals surface area contributed by atoms with Crippen LogP contribution in [0.4, 0.5) is 0 Å². The lowest BCUT2D eigenvalue weighted by Crippen LogP contribution is -2.43. The number of benzene rings is 2. The topological polar surface area (TPSA) is 71.1 Å². The Morgan fingerprint density at radius 2 is 0.975 bits per heavy atom. The molecule has 8 heteroatoms. The van der Waals surface area contributed by atoms with Gasteiger partial charge in [-0.2, -0.15) is 0 Å². The maximum Gasteiger partial charge on any atom is 0.386 e. The molecule has 1 aliphatic carbocycles. The van der Waals surface area contributed by atoms with Crippen molar-refractivity contribution >= 4 is 38.5 Å². The van der Waals surface area contributed by atoms with E-state index >= 15 is 0 Å². The lowest BCUT2D eigenvalue weighted by atomic mass is 10.0. The molecule has 0 saturated carbocycles. The molecule has 0 atom stereocenters. The highest BCUT2D eigenvalue weighted by Crippen LogP contribution is 2.27. The van der Waals surface area contributed by atoms with Crippen LogP contribution in [-0.2, 0) is 19.6 Å². The van der Waals surface area contributed by atoms with Crippen molar-refractivity contribution in [2.24, 2.45) is 0 Å². The SMILES string of the molecule is C=C[Si](C=C)(CC)c1ccc(C(=O)OOC2=C(OOC(=O)c3ccc([Si](C=C)(C=C)CC)cc3)CCCC2)cc1. The third kappa shape index (κ3) is 6.63. The molecule has 6 nitrogen and oxygen atoms in total. The molecule has 0 saturated heterocycles. The van der Waals surface area contributed by atoms with E-state index < -0.39 is 28.1 Å². The van der Waals surface area contributed by atoms with Gasteiger partial charge < -0.3 is 0 Å². The number of rotatable bonds is 14. The molecule has 0 bridgehead atoms. The number of carbonyl (C=O) groups is 2. The van der Waals surface area contributed by atoms with Crippen LogP contribution in [0.1, 0.15) is 60.2 Å². The Morgan fingerprint density at radius 3 is 1.25 bits per heavy atom. The summed E-state index contributed by atoms with van der Waals surface area (Å²) in [6.45, 7) is 20.2. The Hall–Kier alpha value is -3.89. The lowest BCUT2D eigenvalue weighted by molar-refractivity contribution is -0.239. The van der Waals surface area contributed by atoms with Gasteiger partial charge in [-0.05, 0) is 49.2 Å². The fourth-order valence-electron chi connectivity index (χ4n) is 4.76. The molecular formula is C32H38O6Si2. The van der Waals surface area contributed by atoms with Gasteiger partial charge in [0.15, 0.2) is 11.5 Å². The quantitative estimate of drug-likeness (QED) is 0.144. The predicted octanol–water partition coefficient (Wildman–Crippen LogP) is 6.60. The largest absolute Gasteiger partial charge is 0.386 e. The van der Waals surface area contributed by atoms with Crippen LogP contribution in [0.5, 0.6) is 0 Å². The molecular weight excluding hydrogens is 537 g/mol. The first-order valence-corrected chi connectivity index (χ1v) is 18.3. The van der Waals surface area contributed by atoms with Crippen LogP contribution in [-0.4, -0.2) is 28.1 Å². The van der Waals surface area contributed by atoms with E-state index in [2.05, 4.69) is 40.2 Å². The summed E-state index contributed by atoms with van der Waals surface area (Å²) >= 11 is 0. The fraction of sp³-hybridized carbons (Fsp3) is 0.250. The third-order valence-corrected chi connectivity index (χ3v) is 15.8. The smallest absolute Gasteiger partial charge is 0.287 e. The summed E-state index contributed by atoms with van der Waals surface area (Å²) < 4.78 is 0. The van der Waals surface area contributed by atoms with Gasteiger partial charge >= 0.3 is 11.9 Å². The van der Waals surface area contributed by atoms with E-state index in [0.29, 0.717) is 35.5 Å². The van der Waals surface area contributed by atoms with Gasteiger partial charge in [-0.3, -0.25) is 9.78 Å².